The van der Waals surface area contributed by atoms with E-state index in [-0.39, 0.29) is 0 Å². The Labute approximate surface area is 133 Å². The highest BCUT2D eigenvalue weighted by Gasteiger charge is 2.42. The molecule has 2 heterocycles. The number of rotatable bonds is 4. The molecule has 118 valence electrons. The second-order valence-electron chi connectivity index (χ2n) is 7.38. The molecule has 1 N–H and O–H groups in total. The van der Waals surface area contributed by atoms with Gasteiger partial charge >= 0.3 is 0 Å². The summed E-state index contributed by atoms with van der Waals surface area (Å²) in [5, 5.41) is 7.30. The minimum Gasteiger partial charge on any atom is -0.308 e. The van der Waals surface area contributed by atoms with E-state index < -0.39 is 0 Å². The molecule has 1 saturated heterocycles. The van der Waals surface area contributed by atoms with E-state index in [4.69, 9.17) is 0 Å². The molecule has 0 radical (unpaired) electrons. The highest BCUT2D eigenvalue weighted by Crippen LogP contribution is 2.35. The lowest BCUT2D eigenvalue weighted by atomic mass is 9.88. The Morgan fingerprint density at radius 2 is 2.14 bits per heavy atom. The molecule has 1 aromatic heterocycles. The fraction of sp³-hybridized carbons (Fsp3) is 0.824. The third-order valence-electron chi connectivity index (χ3n) is 5.37. The predicted octanol–water partition coefficient (Wildman–Crippen LogP) is 3.49. The van der Waals surface area contributed by atoms with Crippen LogP contribution in [0.2, 0.25) is 0 Å². The van der Waals surface area contributed by atoms with Crippen LogP contribution < -0.4 is 5.32 Å². The Hall–Kier alpha value is -0.450. The molecule has 1 saturated carbocycles. The van der Waals surface area contributed by atoms with Crippen LogP contribution in [0.1, 0.15) is 57.4 Å². The Balaban J connectivity index is 1.71. The second-order valence-corrected chi connectivity index (χ2v) is 8.31. The zero-order valence-corrected chi connectivity index (χ0v) is 14.5. The lowest BCUT2D eigenvalue weighted by molar-refractivity contribution is 0.0531. The normalized spacial score (nSPS) is 27.5. The number of nitrogens with one attached hydrogen (secondary N) is 1. The molecule has 2 fully saturated rings. The van der Waals surface area contributed by atoms with Gasteiger partial charge < -0.3 is 5.32 Å². The van der Waals surface area contributed by atoms with Crippen molar-refractivity contribution in [2.24, 2.45) is 5.92 Å². The van der Waals surface area contributed by atoms with Crippen LogP contribution in [0.25, 0.3) is 0 Å². The van der Waals surface area contributed by atoms with Crippen LogP contribution in [-0.4, -0.2) is 41.1 Å². The van der Waals surface area contributed by atoms with Crippen molar-refractivity contribution >= 4 is 11.3 Å². The topological polar surface area (TPSA) is 28.2 Å². The monoisotopic (exact) mass is 307 g/mol. The van der Waals surface area contributed by atoms with Crippen molar-refractivity contribution in [2.75, 3.05) is 19.6 Å². The smallest absolute Gasteiger partial charge is 0.0965 e. The van der Waals surface area contributed by atoms with Gasteiger partial charge in [-0.2, -0.15) is 0 Å². The lowest BCUT2D eigenvalue weighted by Gasteiger charge is -2.48. The molecule has 2 atom stereocenters. The van der Waals surface area contributed by atoms with E-state index in [9.17, 15) is 0 Å². The van der Waals surface area contributed by atoms with Crippen LogP contribution in [-0.2, 0) is 0 Å². The number of hydrogen-bond donors (Lipinski definition) is 1. The van der Waals surface area contributed by atoms with Crippen LogP contribution >= 0.6 is 11.3 Å². The molecule has 0 bridgehead atoms. The third kappa shape index (κ3) is 3.33. The molecule has 4 heteroatoms. The van der Waals surface area contributed by atoms with Gasteiger partial charge in [-0.1, -0.05) is 33.6 Å². The van der Waals surface area contributed by atoms with Crippen LogP contribution in [0.5, 0.6) is 0 Å². The van der Waals surface area contributed by atoms with Crippen molar-refractivity contribution in [3.8, 4) is 0 Å². The van der Waals surface area contributed by atoms with Crippen LogP contribution in [0, 0.1) is 5.92 Å². The van der Waals surface area contributed by atoms with Crippen LogP contribution in [0.3, 0.4) is 0 Å². The minimum absolute atomic E-state index is 0.411. The van der Waals surface area contributed by atoms with Gasteiger partial charge in [-0.05, 0) is 18.8 Å². The molecule has 3 rings (SSSR count). The Kier molecular flexibility index (Phi) is 4.67. The molecule has 1 aromatic rings. The van der Waals surface area contributed by atoms with Gasteiger partial charge in [0.05, 0.1) is 5.01 Å². The largest absolute Gasteiger partial charge is 0.308 e. The predicted molar refractivity (Wildman–Crippen MR) is 89.9 cm³/mol. The fourth-order valence-corrected chi connectivity index (χ4v) is 4.85. The Morgan fingerprint density at radius 3 is 2.76 bits per heavy atom. The molecule has 1 spiro atoms. The van der Waals surface area contributed by atoms with E-state index in [1.54, 1.807) is 11.3 Å². The average Bonchev–Trinajstić information content (AvgIpc) is 3.10. The standard InChI is InChI=1S/C17H29N3S/c1-13(2)15-10-19-17(6-4-5-7-17)12-20(15)11-14(3)16-18-8-9-21-16/h8-9,13-15,19H,4-7,10-12H2,1-3H3. The zero-order chi connectivity index (χ0) is 14.9. The summed E-state index contributed by atoms with van der Waals surface area (Å²) < 4.78 is 0. The summed E-state index contributed by atoms with van der Waals surface area (Å²) in [6.45, 7) is 10.6. The maximum atomic E-state index is 4.52. The van der Waals surface area contributed by atoms with E-state index in [1.165, 1.54) is 37.2 Å². The number of piperazine rings is 1. The maximum absolute atomic E-state index is 4.52. The Morgan fingerprint density at radius 1 is 1.38 bits per heavy atom. The van der Waals surface area contributed by atoms with E-state index in [0.29, 0.717) is 23.4 Å². The van der Waals surface area contributed by atoms with Crippen molar-refractivity contribution in [2.45, 2.75) is 64.0 Å². The SMILES string of the molecule is CC(CN1CC2(CCCC2)NCC1C(C)C)c1nccs1. The molecule has 1 aliphatic carbocycles. The molecule has 1 aliphatic heterocycles. The van der Waals surface area contributed by atoms with Gasteiger partial charge in [-0.3, -0.25) is 4.90 Å². The summed E-state index contributed by atoms with van der Waals surface area (Å²) in [4.78, 5) is 7.28. The van der Waals surface area contributed by atoms with E-state index >= 15 is 0 Å². The number of nitrogens with zero attached hydrogens (tertiary/aromatic N) is 2. The van der Waals surface area contributed by atoms with Crippen molar-refractivity contribution < 1.29 is 0 Å². The molecule has 0 aromatic carbocycles. The first-order valence-corrected chi connectivity index (χ1v) is 9.36. The summed E-state index contributed by atoms with van der Waals surface area (Å²) in [6.07, 6.45) is 7.46. The van der Waals surface area contributed by atoms with Crippen LogP contribution in [0.15, 0.2) is 11.6 Å². The number of thiazole rings is 1. The van der Waals surface area contributed by atoms with Crippen molar-refractivity contribution in [1.29, 1.82) is 0 Å². The first-order valence-electron chi connectivity index (χ1n) is 8.48. The lowest BCUT2D eigenvalue weighted by Crippen LogP contribution is -2.64. The van der Waals surface area contributed by atoms with Gasteiger partial charge in [0.15, 0.2) is 0 Å². The van der Waals surface area contributed by atoms with Crippen molar-refractivity contribution in [3.05, 3.63) is 16.6 Å². The quantitative estimate of drug-likeness (QED) is 0.923. The van der Waals surface area contributed by atoms with Gasteiger partial charge in [-0.15, -0.1) is 11.3 Å². The summed E-state index contributed by atoms with van der Waals surface area (Å²) >= 11 is 1.80. The number of hydrogen-bond acceptors (Lipinski definition) is 4. The third-order valence-corrected chi connectivity index (χ3v) is 6.38. The van der Waals surface area contributed by atoms with Gasteiger partial charge in [0.25, 0.3) is 0 Å². The summed E-state index contributed by atoms with van der Waals surface area (Å²) in [7, 11) is 0. The molecule has 2 unspecified atom stereocenters. The summed E-state index contributed by atoms with van der Waals surface area (Å²) in [5.74, 6) is 1.25. The van der Waals surface area contributed by atoms with Crippen molar-refractivity contribution in [3.63, 3.8) is 0 Å². The van der Waals surface area contributed by atoms with Gasteiger partial charge in [0.2, 0.25) is 0 Å². The first kappa shape index (κ1) is 15.4. The van der Waals surface area contributed by atoms with Crippen molar-refractivity contribution in [1.82, 2.24) is 15.2 Å². The highest BCUT2D eigenvalue weighted by atomic mass is 32.1. The zero-order valence-electron chi connectivity index (χ0n) is 13.6. The molecular weight excluding hydrogens is 278 g/mol. The highest BCUT2D eigenvalue weighted by molar-refractivity contribution is 7.09. The first-order chi connectivity index (χ1) is 10.1. The van der Waals surface area contributed by atoms with E-state index in [1.807, 2.05) is 6.20 Å². The average molecular weight is 308 g/mol. The van der Waals surface area contributed by atoms with E-state index in [0.717, 1.165) is 13.1 Å². The molecular formula is C17H29N3S. The maximum Gasteiger partial charge on any atom is 0.0965 e. The minimum atomic E-state index is 0.411. The molecule has 0 amide bonds. The van der Waals surface area contributed by atoms with Gasteiger partial charge in [-0.25, -0.2) is 4.98 Å². The van der Waals surface area contributed by atoms with E-state index in [2.05, 4.69) is 41.4 Å². The van der Waals surface area contributed by atoms with Gasteiger partial charge in [0.1, 0.15) is 0 Å². The molecule has 21 heavy (non-hydrogen) atoms. The molecule has 2 aliphatic rings. The summed E-state index contributed by atoms with van der Waals surface area (Å²) in [5.41, 5.74) is 0.411. The number of aromatic nitrogens is 1. The van der Waals surface area contributed by atoms with Gasteiger partial charge in [0, 0.05) is 48.7 Å². The fourth-order valence-electron chi connectivity index (χ4n) is 4.16. The molecule has 3 nitrogen and oxygen atoms in total. The summed E-state index contributed by atoms with van der Waals surface area (Å²) in [6, 6.07) is 0.665. The Bertz CT molecular complexity index is 437. The van der Waals surface area contributed by atoms with Crippen LogP contribution in [0.4, 0.5) is 0 Å². The second kappa shape index (κ2) is 6.35.